The average molecular weight is 287 g/mol. The first-order valence-corrected chi connectivity index (χ1v) is 8.73. The van der Waals surface area contributed by atoms with Gasteiger partial charge in [-0.05, 0) is 55.7 Å². The molecule has 0 unspecified atom stereocenters. The highest BCUT2D eigenvalue weighted by molar-refractivity contribution is 5.37. The molecule has 1 aromatic rings. The number of benzene rings is 1. The predicted molar refractivity (Wildman–Crippen MR) is 88.0 cm³/mol. The van der Waals surface area contributed by atoms with Crippen LogP contribution in [-0.4, -0.2) is 19.7 Å². The summed E-state index contributed by atoms with van der Waals surface area (Å²) in [5.74, 6) is 2.78. The Balaban J connectivity index is 1.34. The molecular weight excluding hydrogens is 258 g/mol. The summed E-state index contributed by atoms with van der Waals surface area (Å²) >= 11 is 0. The van der Waals surface area contributed by atoms with Gasteiger partial charge in [-0.15, -0.1) is 0 Å². The lowest BCUT2D eigenvalue weighted by atomic mass is 9.75. The van der Waals surface area contributed by atoms with Crippen LogP contribution in [0.1, 0.15) is 62.8 Å². The predicted octanol–water partition coefficient (Wildman–Crippen LogP) is 4.50. The molecule has 2 aliphatic rings. The molecule has 0 bridgehead atoms. The number of hydrogen-bond acceptors (Lipinski definition) is 2. The molecule has 0 saturated heterocycles. The summed E-state index contributed by atoms with van der Waals surface area (Å²) < 4.78 is 5.47. The topological polar surface area (TPSA) is 21.3 Å². The van der Waals surface area contributed by atoms with Crippen molar-refractivity contribution >= 4 is 0 Å². The van der Waals surface area contributed by atoms with Crippen LogP contribution in [0.3, 0.4) is 0 Å². The van der Waals surface area contributed by atoms with E-state index in [1.165, 1.54) is 63.5 Å². The van der Waals surface area contributed by atoms with Crippen molar-refractivity contribution in [2.75, 3.05) is 13.7 Å². The molecule has 21 heavy (non-hydrogen) atoms. The summed E-state index contributed by atoms with van der Waals surface area (Å²) in [6, 6.07) is 9.21. The Morgan fingerprint density at radius 3 is 2.67 bits per heavy atom. The maximum absolute atomic E-state index is 5.47. The third-order valence-corrected chi connectivity index (χ3v) is 5.41. The highest BCUT2D eigenvalue weighted by Crippen LogP contribution is 2.40. The molecule has 0 heterocycles. The number of nitrogens with one attached hydrogen (secondary N) is 1. The maximum Gasteiger partial charge on any atom is 0.122 e. The van der Waals surface area contributed by atoms with Crippen molar-refractivity contribution in [2.24, 2.45) is 5.92 Å². The molecule has 0 atom stereocenters. The highest BCUT2D eigenvalue weighted by Gasteiger charge is 2.31. The number of hydrogen-bond donors (Lipinski definition) is 1. The first kappa shape index (κ1) is 14.9. The summed E-state index contributed by atoms with van der Waals surface area (Å²) in [6.07, 6.45) is 11.3. The van der Waals surface area contributed by atoms with Crippen LogP contribution in [0.2, 0.25) is 0 Å². The van der Waals surface area contributed by atoms with E-state index in [4.69, 9.17) is 4.74 Å². The van der Waals surface area contributed by atoms with Crippen molar-refractivity contribution in [3.8, 4) is 5.75 Å². The zero-order valence-corrected chi connectivity index (χ0v) is 13.3. The fourth-order valence-electron chi connectivity index (χ4n) is 4.04. The van der Waals surface area contributed by atoms with E-state index in [0.29, 0.717) is 5.92 Å². The van der Waals surface area contributed by atoms with Crippen molar-refractivity contribution in [1.82, 2.24) is 5.32 Å². The molecular formula is C19H29NO. The SMILES string of the molecule is COc1ccccc1C1CC(NCCCC2CCCC2)C1. The molecule has 1 N–H and O–H groups in total. The summed E-state index contributed by atoms with van der Waals surface area (Å²) in [4.78, 5) is 0. The van der Waals surface area contributed by atoms with E-state index >= 15 is 0 Å². The minimum atomic E-state index is 0.688. The molecule has 0 amide bonds. The lowest BCUT2D eigenvalue weighted by Gasteiger charge is -2.37. The van der Waals surface area contributed by atoms with Gasteiger partial charge in [-0.3, -0.25) is 0 Å². The minimum absolute atomic E-state index is 0.688. The zero-order valence-electron chi connectivity index (χ0n) is 13.3. The minimum Gasteiger partial charge on any atom is -0.496 e. The quantitative estimate of drug-likeness (QED) is 0.745. The van der Waals surface area contributed by atoms with Gasteiger partial charge in [0.25, 0.3) is 0 Å². The number of para-hydroxylation sites is 1. The monoisotopic (exact) mass is 287 g/mol. The Kier molecular flexibility index (Phi) is 5.18. The smallest absolute Gasteiger partial charge is 0.122 e. The molecule has 116 valence electrons. The van der Waals surface area contributed by atoms with Gasteiger partial charge in [0, 0.05) is 6.04 Å². The molecule has 0 radical (unpaired) electrons. The molecule has 2 aliphatic carbocycles. The standard InChI is InChI=1S/C19H29NO/c1-21-19-11-5-4-10-18(19)16-13-17(14-16)20-12-6-9-15-7-2-3-8-15/h4-5,10-11,15-17,20H,2-3,6-9,12-14H2,1H3. The molecule has 2 heteroatoms. The molecule has 1 aromatic carbocycles. The van der Waals surface area contributed by atoms with E-state index in [0.717, 1.165) is 17.7 Å². The van der Waals surface area contributed by atoms with E-state index in [2.05, 4.69) is 29.6 Å². The van der Waals surface area contributed by atoms with Crippen molar-refractivity contribution in [2.45, 2.75) is 63.3 Å². The van der Waals surface area contributed by atoms with E-state index in [9.17, 15) is 0 Å². The van der Waals surface area contributed by atoms with Crippen LogP contribution in [0.25, 0.3) is 0 Å². The van der Waals surface area contributed by atoms with Gasteiger partial charge in [0.05, 0.1) is 7.11 Å². The summed E-state index contributed by atoms with van der Waals surface area (Å²) in [5.41, 5.74) is 1.39. The lowest BCUT2D eigenvalue weighted by Crippen LogP contribution is -2.40. The third-order valence-electron chi connectivity index (χ3n) is 5.41. The average Bonchev–Trinajstić information content (AvgIpc) is 2.98. The Morgan fingerprint density at radius 2 is 1.90 bits per heavy atom. The van der Waals surface area contributed by atoms with Crippen LogP contribution < -0.4 is 10.1 Å². The van der Waals surface area contributed by atoms with Crippen LogP contribution >= 0.6 is 0 Å². The lowest BCUT2D eigenvalue weighted by molar-refractivity contribution is 0.280. The second kappa shape index (κ2) is 7.31. The van der Waals surface area contributed by atoms with Gasteiger partial charge in [0.2, 0.25) is 0 Å². The van der Waals surface area contributed by atoms with Gasteiger partial charge in [-0.25, -0.2) is 0 Å². The molecule has 2 nitrogen and oxygen atoms in total. The van der Waals surface area contributed by atoms with Crippen LogP contribution in [0.4, 0.5) is 0 Å². The molecule has 2 fully saturated rings. The largest absolute Gasteiger partial charge is 0.496 e. The third kappa shape index (κ3) is 3.79. The number of methoxy groups -OCH3 is 1. The van der Waals surface area contributed by atoms with Crippen LogP contribution in [0, 0.1) is 5.92 Å². The fraction of sp³-hybridized carbons (Fsp3) is 0.684. The van der Waals surface area contributed by atoms with Gasteiger partial charge >= 0.3 is 0 Å². The molecule has 0 spiro atoms. The van der Waals surface area contributed by atoms with Crippen molar-refractivity contribution in [1.29, 1.82) is 0 Å². The second-order valence-corrected chi connectivity index (χ2v) is 6.85. The molecule has 3 rings (SSSR count). The molecule has 0 aromatic heterocycles. The summed E-state index contributed by atoms with van der Waals surface area (Å²) in [7, 11) is 1.77. The van der Waals surface area contributed by atoms with Crippen LogP contribution in [0.5, 0.6) is 5.75 Å². The normalized spacial score (nSPS) is 25.8. The Hall–Kier alpha value is -1.02. The van der Waals surface area contributed by atoms with E-state index in [1.54, 1.807) is 7.11 Å². The Bertz CT molecular complexity index is 433. The van der Waals surface area contributed by atoms with Gasteiger partial charge in [-0.1, -0.05) is 43.9 Å². The van der Waals surface area contributed by atoms with Gasteiger partial charge in [-0.2, -0.15) is 0 Å². The summed E-state index contributed by atoms with van der Waals surface area (Å²) in [5, 5.41) is 3.74. The molecule has 0 aliphatic heterocycles. The van der Waals surface area contributed by atoms with Gasteiger partial charge in [0.1, 0.15) is 5.75 Å². The Labute approximate surface area is 129 Å². The first-order chi connectivity index (χ1) is 10.4. The zero-order chi connectivity index (χ0) is 14.5. The summed E-state index contributed by atoms with van der Waals surface area (Å²) in [6.45, 7) is 1.21. The Morgan fingerprint density at radius 1 is 1.14 bits per heavy atom. The maximum atomic E-state index is 5.47. The van der Waals surface area contributed by atoms with E-state index < -0.39 is 0 Å². The van der Waals surface area contributed by atoms with E-state index in [-0.39, 0.29) is 0 Å². The first-order valence-electron chi connectivity index (χ1n) is 8.73. The van der Waals surface area contributed by atoms with Crippen molar-refractivity contribution < 1.29 is 4.74 Å². The van der Waals surface area contributed by atoms with Crippen LogP contribution in [0.15, 0.2) is 24.3 Å². The van der Waals surface area contributed by atoms with Crippen molar-refractivity contribution in [3.63, 3.8) is 0 Å². The van der Waals surface area contributed by atoms with Crippen molar-refractivity contribution in [3.05, 3.63) is 29.8 Å². The highest BCUT2D eigenvalue weighted by atomic mass is 16.5. The van der Waals surface area contributed by atoms with E-state index in [1.807, 2.05) is 0 Å². The fourth-order valence-corrected chi connectivity index (χ4v) is 4.04. The number of ether oxygens (including phenoxy) is 1. The van der Waals surface area contributed by atoms with Crippen LogP contribution in [-0.2, 0) is 0 Å². The second-order valence-electron chi connectivity index (χ2n) is 6.85. The van der Waals surface area contributed by atoms with Gasteiger partial charge < -0.3 is 10.1 Å². The molecule has 2 saturated carbocycles. The number of rotatable bonds is 7. The van der Waals surface area contributed by atoms with Gasteiger partial charge in [0.15, 0.2) is 0 Å².